The van der Waals surface area contributed by atoms with Crippen molar-refractivity contribution in [2.24, 2.45) is 34.6 Å². The molecule has 0 saturated heterocycles. The van der Waals surface area contributed by atoms with Gasteiger partial charge in [-0.2, -0.15) is 0 Å². The zero-order valence-corrected chi connectivity index (χ0v) is 25.9. The predicted octanol–water partition coefficient (Wildman–Crippen LogP) is 9.54. The van der Waals surface area contributed by atoms with Crippen molar-refractivity contribution >= 4 is 44.3 Å². The van der Waals surface area contributed by atoms with Crippen LogP contribution in [0.4, 0.5) is 21.6 Å². The van der Waals surface area contributed by atoms with E-state index in [2.05, 4.69) is 70.7 Å². The first-order chi connectivity index (χ1) is 18.0. The first-order valence-corrected chi connectivity index (χ1v) is 14.6. The van der Waals surface area contributed by atoms with Crippen LogP contribution >= 0.6 is 22.7 Å². The van der Waals surface area contributed by atoms with Gasteiger partial charge in [0, 0.05) is 10.8 Å². The van der Waals surface area contributed by atoms with Crippen LogP contribution in [-0.2, 0) is 26.9 Å². The Balaban J connectivity index is 0.00000267. The molecular weight excluding hydrogens is 521 g/mol. The van der Waals surface area contributed by atoms with Crippen LogP contribution in [0.25, 0.3) is 0 Å². The highest BCUT2D eigenvalue weighted by molar-refractivity contribution is 7.13. The van der Waals surface area contributed by atoms with Crippen molar-refractivity contribution in [3.8, 4) is 0 Å². The maximum Gasteiger partial charge on any atom is 0.408 e. The van der Waals surface area contributed by atoms with E-state index in [9.17, 15) is 0 Å². The van der Waals surface area contributed by atoms with Gasteiger partial charge in [0.25, 0.3) is 0 Å². The van der Waals surface area contributed by atoms with Crippen molar-refractivity contribution in [3.05, 3.63) is 96.7 Å². The number of hydrogen-bond donors (Lipinski definition) is 0. The van der Waals surface area contributed by atoms with Crippen LogP contribution in [0.3, 0.4) is 0 Å². The lowest BCUT2D eigenvalue weighted by atomic mass is 10.0. The van der Waals surface area contributed by atoms with Crippen molar-refractivity contribution < 1.29 is 9.13 Å². The predicted molar refractivity (Wildman–Crippen MR) is 165 cm³/mol. The first-order valence-electron chi connectivity index (χ1n) is 12.9. The third-order valence-electron chi connectivity index (χ3n) is 6.46. The molecule has 208 valence electrons. The third kappa shape index (κ3) is 9.55. The number of rotatable bonds is 12. The van der Waals surface area contributed by atoms with E-state index in [1.54, 1.807) is 22.7 Å². The molecule has 8 heteroatoms. The molecule has 39 heavy (non-hydrogen) atoms. The summed E-state index contributed by atoms with van der Waals surface area (Å²) in [6, 6.07) is 13.1. The van der Waals surface area contributed by atoms with E-state index in [0.29, 0.717) is 0 Å². The number of hydrogen-bond acceptors (Lipinski definition) is 6. The highest BCUT2D eigenvalue weighted by Gasteiger charge is 2.10. The van der Waals surface area contributed by atoms with Crippen molar-refractivity contribution in [2.75, 3.05) is 0 Å². The zero-order chi connectivity index (χ0) is 26.0. The summed E-state index contributed by atoms with van der Waals surface area (Å²) in [6.07, 6.45) is 12.5. The fourth-order valence-electron chi connectivity index (χ4n) is 4.20. The van der Waals surface area contributed by atoms with E-state index in [-0.39, 0.29) is 14.9 Å². The molecule has 0 aliphatic carbocycles. The van der Waals surface area contributed by atoms with Crippen LogP contribution in [0, 0.1) is 28.7 Å². The molecule has 0 N–H and O–H groups in total. The third-order valence-corrected chi connectivity index (χ3v) is 8.14. The monoisotopic (exact) mass is 562 g/mol. The van der Waals surface area contributed by atoms with Crippen LogP contribution in [0.15, 0.2) is 80.0 Å². The molecule has 4 aromatic rings. The molecule has 6 nitrogen and oxygen atoms in total. The van der Waals surface area contributed by atoms with Gasteiger partial charge < -0.3 is 14.9 Å². The minimum atomic E-state index is 0. The maximum absolute atomic E-state index is 4.44. The molecule has 0 aliphatic heterocycles. The van der Waals surface area contributed by atoms with E-state index in [0.717, 1.165) is 34.5 Å². The molecular formula is C31H42N6S2. The Morgan fingerprint density at radius 3 is 1.36 bits per heavy atom. The van der Waals surface area contributed by atoms with Crippen molar-refractivity contribution in [1.29, 1.82) is 0 Å². The Kier molecular flexibility index (Phi) is 13.3. The van der Waals surface area contributed by atoms with Gasteiger partial charge in [-0.1, -0.05) is 43.5 Å². The summed E-state index contributed by atoms with van der Waals surface area (Å²) < 4.78 is 3.96. The normalized spacial score (nSPS) is 11.2. The van der Waals surface area contributed by atoms with E-state index in [1.807, 2.05) is 46.4 Å². The summed E-state index contributed by atoms with van der Waals surface area (Å²) in [5.74, 6) is 0. The van der Waals surface area contributed by atoms with Gasteiger partial charge in [0.1, 0.15) is 23.8 Å². The van der Waals surface area contributed by atoms with Gasteiger partial charge in [-0.15, -0.1) is 0 Å². The minimum absolute atomic E-state index is 0. The second-order valence-electron chi connectivity index (χ2n) is 9.50. The topological polar surface area (TPSA) is 57.2 Å². The summed E-state index contributed by atoms with van der Waals surface area (Å²) in [5, 5.41) is 23.5. The van der Waals surface area contributed by atoms with Gasteiger partial charge in [0.15, 0.2) is 0 Å². The Labute approximate surface area is 242 Å². The lowest BCUT2D eigenvalue weighted by molar-refractivity contribution is -0.654. The first kappa shape index (κ1) is 32.1. The quantitative estimate of drug-likeness (QED) is 0.0714. The Hall–Kier alpha value is -3.10. The lowest BCUT2D eigenvalue weighted by Crippen LogP contribution is -2.23. The zero-order valence-electron chi connectivity index (χ0n) is 24.2. The average Bonchev–Trinajstić information content (AvgIpc) is 3.49. The van der Waals surface area contributed by atoms with Gasteiger partial charge in [-0.05, 0) is 107 Å². The van der Waals surface area contributed by atoms with E-state index in [1.165, 1.54) is 54.4 Å². The van der Waals surface area contributed by atoms with E-state index >= 15 is 0 Å². The fourth-order valence-corrected chi connectivity index (χ4v) is 5.56. The molecule has 2 heterocycles. The highest BCUT2D eigenvalue weighted by atomic mass is 32.1. The number of thiazole rings is 2. The summed E-state index contributed by atoms with van der Waals surface area (Å²) in [5.41, 5.74) is 7.03. The number of unbranched alkanes of at least 4 members (excludes halogenated alkanes) is 4. The molecule has 0 fully saturated rings. The second-order valence-corrected chi connectivity index (χ2v) is 11.2. The SMILES string of the molecule is Cc1cc(CCCCCCCc2ccc(N=Nc3scc[n+]3C)c(C)c2)ccc1N=Nc1scc[n+]1C.[CH3-].[CH3-]. The highest BCUT2D eigenvalue weighted by Crippen LogP contribution is 2.25. The lowest BCUT2D eigenvalue weighted by Gasteiger charge is -2.06. The van der Waals surface area contributed by atoms with Gasteiger partial charge in [0.2, 0.25) is 0 Å². The van der Waals surface area contributed by atoms with E-state index in [4.69, 9.17) is 0 Å². The number of azo groups is 2. The molecule has 0 amide bonds. The molecule has 0 radical (unpaired) electrons. The standard InChI is InChI=1S/C29H36N6S2.2CH3/c1-22-20-24(12-14-26(22)30-32-28-34(3)16-18-36-28)10-8-6-5-7-9-11-25-13-15-27(23(2)21-25)31-33-29-35(4)17-19-37-29;;/h12-21H,5-11H2,1-4H3;2*1H3/q+2;2*-1. The Morgan fingerprint density at radius 1 is 0.590 bits per heavy atom. The number of aryl methyl sites for hydroxylation is 6. The molecule has 0 unspecified atom stereocenters. The van der Waals surface area contributed by atoms with Crippen LogP contribution in [0.2, 0.25) is 0 Å². The average molecular weight is 563 g/mol. The molecule has 4 rings (SSSR count). The van der Waals surface area contributed by atoms with Crippen molar-refractivity contribution in [2.45, 2.75) is 58.8 Å². The van der Waals surface area contributed by atoms with Crippen LogP contribution < -0.4 is 9.13 Å². The van der Waals surface area contributed by atoms with Gasteiger partial charge in [-0.3, -0.25) is 0 Å². The summed E-state index contributed by atoms with van der Waals surface area (Å²) in [6.45, 7) is 4.24. The molecule has 0 spiro atoms. The van der Waals surface area contributed by atoms with Gasteiger partial charge >= 0.3 is 10.3 Å². The smallest absolute Gasteiger partial charge is 0.358 e. The van der Waals surface area contributed by atoms with Gasteiger partial charge in [0.05, 0.1) is 24.3 Å². The molecule has 2 aromatic carbocycles. The number of benzene rings is 2. The number of nitrogens with zero attached hydrogens (tertiary/aromatic N) is 6. The van der Waals surface area contributed by atoms with Gasteiger partial charge in [-0.25, -0.2) is 9.13 Å². The molecule has 2 aromatic heterocycles. The van der Waals surface area contributed by atoms with Crippen LogP contribution in [-0.4, -0.2) is 0 Å². The van der Waals surface area contributed by atoms with Crippen molar-refractivity contribution in [3.63, 3.8) is 0 Å². The molecule has 0 aliphatic rings. The van der Waals surface area contributed by atoms with Crippen LogP contribution in [0.1, 0.15) is 54.4 Å². The Bertz CT molecular complexity index is 1270. The fraction of sp³-hybridized carbons (Fsp3) is 0.355. The second kappa shape index (κ2) is 16.1. The van der Waals surface area contributed by atoms with Crippen LogP contribution in [0.5, 0.6) is 0 Å². The summed E-state index contributed by atoms with van der Waals surface area (Å²) in [4.78, 5) is 0. The Morgan fingerprint density at radius 2 is 1.00 bits per heavy atom. The largest absolute Gasteiger partial charge is 0.408 e. The summed E-state index contributed by atoms with van der Waals surface area (Å²) >= 11 is 3.19. The minimum Gasteiger partial charge on any atom is -0.358 e. The maximum atomic E-state index is 4.44. The molecule has 0 saturated carbocycles. The number of aromatic nitrogens is 2. The summed E-state index contributed by atoms with van der Waals surface area (Å²) in [7, 11) is 3.97. The molecule has 0 atom stereocenters. The van der Waals surface area contributed by atoms with Crippen molar-refractivity contribution in [1.82, 2.24) is 0 Å². The van der Waals surface area contributed by atoms with E-state index < -0.39 is 0 Å². The molecule has 0 bridgehead atoms.